The number of hydrogen-bond acceptors (Lipinski definition) is 5. The van der Waals surface area contributed by atoms with Crippen molar-refractivity contribution in [2.24, 2.45) is 7.05 Å². The van der Waals surface area contributed by atoms with E-state index >= 15 is 0 Å². The van der Waals surface area contributed by atoms with Crippen molar-refractivity contribution in [3.63, 3.8) is 0 Å². The van der Waals surface area contributed by atoms with Gasteiger partial charge < -0.3 is 9.73 Å². The van der Waals surface area contributed by atoms with Gasteiger partial charge in [-0.25, -0.2) is 9.67 Å². The van der Waals surface area contributed by atoms with Gasteiger partial charge >= 0.3 is 0 Å². The predicted octanol–water partition coefficient (Wildman–Crippen LogP) is 3.64. The number of nitrogens with one attached hydrogen (secondary N) is 2. The molecule has 0 aliphatic carbocycles. The highest BCUT2D eigenvalue weighted by Gasteiger charge is 2.23. The predicted molar refractivity (Wildman–Crippen MR) is 102 cm³/mol. The molecule has 0 atom stereocenters. The number of carbonyl (C=O) groups excluding carboxylic acids is 1. The van der Waals surface area contributed by atoms with Gasteiger partial charge in [0.1, 0.15) is 17.3 Å². The van der Waals surface area contributed by atoms with Gasteiger partial charge in [0.25, 0.3) is 5.91 Å². The summed E-state index contributed by atoms with van der Waals surface area (Å²) in [5.41, 5.74) is 2.62. The lowest BCUT2D eigenvalue weighted by molar-refractivity contribution is 0.102. The first-order chi connectivity index (χ1) is 13.0. The molecule has 8 heteroatoms. The maximum atomic E-state index is 12.8. The van der Waals surface area contributed by atoms with Gasteiger partial charge in [0.2, 0.25) is 0 Å². The molecule has 0 spiro atoms. The van der Waals surface area contributed by atoms with E-state index in [1.165, 1.54) is 0 Å². The maximum Gasteiger partial charge on any atom is 0.279 e. The van der Waals surface area contributed by atoms with Crippen molar-refractivity contribution in [2.75, 3.05) is 5.32 Å². The van der Waals surface area contributed by atoms with Crippen LogP contribution in [0.2, 0.25) is 0 Å². The summed E-state index contributed by atoms with van der Waals surface area (Å²) in [5, 5.41) is 15.3. The highest BCUT2D eigenvalue weighted by atomic mass is 16.4. The van der Waals surface area contributed by atoms with E-state index in [4.69, 9.17) is 4.42 Å². The van der Waals surface area contributed by atoms with Gasteiger partial charge in [0.05, 0.1) is 5.39 Å². The van der Waals surface area contributed by atoms with Crippen LogP contribution in [0.25, 0.3) is 22.3 Å². The largest absolute Gasteiger partial charge is 0.445 e. The summed E-state index contributed by atoms with van der Waals surface area (Å²) in [6.45, 7) is 5.66. The first kappa shape index (κ1) is 17.0. The van der Waals surface area contributed by atoms with E-state index < -0.39 is 0 Å². The van der Waals surface area contributed by atoms with Gasteiger partial charge in [0.15, 0.2) is 17.2 Å². The van der Waals surface area contributed by atoms with E-state index in [-0.39, 0.29) is 17.5 Å². The van der Waals surface area contributed by atoms with E-state index in [0.717, 1.165) is 16.6 Å². The number of oxazole rings is 1. The number of rotatable bonds is 4. The summed E-state index contributed by atoms with van der Waals surface area (Å²) in [4.78, 5) is 17.1. The van der Waals surface area contributed by atoms with Crippen molar-refractivity contribution in [3.05, 3.63) is 47.7 Å². The van der Waals surface area contributed by atoms with Crippen molar-refractivity contribution >= 4 is 22.8 Å². The minimum Gasteiger partial charge on any atom is -0.445 e. The second-order valence-electron chi connectivity index (χ2n) is 6.70. The number of hydrogen-bond donors (Lipinski definition) is 2. The lowest BCUT2D eigenvalue weighted by atomic mass is 10.1. The lowest BCUT2D eigenvalue weighted by Gasteiger charge is -2.02. The zero-order chi connectivity index (χ0) is 19.1. The fourth-order valence-electron chi connectivity index (χ4n) is 2.97. The summed E-state index contributed by atoms with van der Waals surface area (Å²) in [6, 6.07) is 9.77. The molecule has 0 fully saturated rings. The van der Waals surface area contributed by atoms with Gasteiger partial charge in [-0.15, -0.1) is 0 Å². The number of aromatic amines is 1. The Morgan fingerprint density at radius 2 is 2.00 bits per heavy atom. The Balaban J connectivity index is 1.74. The molecular weight excluding hydrogens is 344 g/mol. The van der Waals surface area contributed by atoms with Crippen LogP contribution in [0.5, 0.6) is 0 Å². The Bertz CT molecular complexity index is 1120. The third-order valence-electron chi connectivity index (χ3n) is 4.35. The fraction of sp³-hybridized carbons (Fsp3) is 0.263. The molecule has 8 nitrogen and oxygen atoms in total. The molecule has 0 aliphatic heterocycles. The van der Waals surface area contributed by atoms with Crippen molar-refractivity contribution in [1.29, 1.82) is 0 Å². The highest BCUT2D eigenvalue weighted by Crippen LogP contribution is 2.32. The van der Waals surface area contributed by atoms with Crippen LogP contribution >= 0.6 is 0 Å². The monoisotopic (exact) mass is 364 g/mol. The molecule has 4 rings (SSSR count). The number of carbonyl (C=O) groups is 1. The van der Waals surface area contributed by atoms with Crippen LogP contribution in [-0.4, -0.2) is 30.9 Å². The van der Waals surface area contributed by atoms with Crippen molar-refractivity contribution < 1.29 is 9.21 Å². The van der Waals surface area contributed by atoms with Crippen LogP contribution in [-0.2, 0) is 7.05 Å². The molecule has 3 aromatic heterocycles. The molecule has 3 heterocycles. The quantitative estimate of drug-likeness (QED) is 0.576. The molecule has 0 saturated heterocycles. The van der Waals surface area contributed by atoms with Crippen molar-refractivity contribution in [3.8, 4) is 11.3 Å². The van der Waals surface area contributed by atoms with E-state index in [1.807, 2.05) is 51.2 Å². The third-order valence-corrected chi connectivity index (χ3v) is 4.35. The van der Waals surface area contributed by atoms with E-state index in [0.29, 0.717) is 23.1 Å². The van der Waals surface area contributed by atoms with Gasteiger partial charge in [-0.1, -0.05) is 44.2 Å². The highest BCUT2D eigenvalue weighted by molar-refractivity contribution is 6.09. The van der Waals surface area contributed by atoms with Gasteiger partial charge in [-0.3, -0.25) is 9.89 Å². The van der Waals surface area contributed by atoms with Crippen LogP contribution in [0.4, 0.5) is 5.82 Å². The lowest BCUT2D eigenvalue weighted by Crippen LogP contribution is -2.14. The normalized spacial score (nSPS) is 11.4. The zero-order valence-electron chi connectivity index (χ0n) is 15.6. The number of amides is 1. The summed E-state index contributed by atoms with van der Waals surface area (Å²) in [7, 11) is 1.82. The summed E-state index contributed by atoms with van der Waals surface area (Å²) >= 11 is 0. The Kier molecular flexibility index (Phi) is 4.02. The number of aromatic nitrogens is 5. The second-order valence-corrected chi connectivity index (χ2v) is 6.70. The fourth-order valence-corrected chi connectivity index (χ4v) is 2.97. The zero-order valence-corrected chi connectivity index (χ0v) is 15.6. The molecule has 2 N–H and O–H groups in total. The number of benzene rings is 1. The summed E-state index contributed by atoms with van der Waals surface area (Å²) in [5.74, 6) is 1.26. The molecule has 0 radical (unpaired) electrons. The topological polar surface area (TPSA) is 102 Å². The summed E-state index contributed by atoms with van der Waals surface area (Å²) in [6.07, 6.45) is 0. The first-order valence-corrected chi connectivity index (χ1v) is 8.71. The van der Waals surface area contributed by atoms with E-state index in [9.17, 15) is 4.79 Å². The van der Waals surface area contributed by atoms with E-state index in [2.05, 4.69) is 25.6 Å². The van der Waals surface area contributed by atoms with Gasteiger partial charge in [-0.05, 0) is 6.92 Å². The Morgan fingerprint density at radius 3 is 2.67 bits per heavy atom. The average Bonchev–Trinajstić information content (AvgIpc) is 3.32. The molecule has 1 amide bonds. The van der Waals surface area contributed by atoms with Crippen LogP contribution in [0.3, 0.4) is 0 Å². The Morgan fingerprint density at radius 1 is 1.26 bits per heavy atom. The Labute approximate surface area is 155 Å². The van der Waals surface area contributed by atoms with Crippen molar-refractivity contribution in [2.45, 2.75) is 26.7 Å². The number of nitrogens with zero attached hydrogens (tertiary/aromatic N) is 4. The standard InChI is InChI=1S/C19H20N6O2/c1-10(2)19-20-14(11(3)27-19)18(26)21-16-13-15(12-8-6-5-7-9-12)24-25(4)17(13)23-22-16/h5-10H,1-4H3,(H2,21,22,23,26). The summed E-state index contributed by atoms with van der Waals surface area (Å²) < 4.78 is 7.27. The van der Waals surface area contributed by atoms with Gasteiger partial charge in [0, 0.05) is 18.5 Å². The van der Waals surface area contributed by atoms with Crippen LogP contribution in [0, 0.1) is 6.92 Å². The molecular formula is C19H20N6O2. The molecule has 27 heavy (non-hydrogen) atoms. The first-order valence-electron chi connectivity index (χ1n) is 8.71. The molecule has 138 valence electrons. The SMILES string of the molecule is Cc1oc(C(C)C)nc1C(=O)Nc1[nH]nc2c1c(-c1ccccc1)nn2C. The number of H-pyrrole nitrogens is 1. The number of aryl methyl sites for hydroxylation is 2. The molecule has 0 unspecified atom stereocenters. The molecule has 1 aromatic carbocycles. The minimum atomic E-state index is -0.350. The number of fused-ring (bicyclic) bond motifs is 1. The van der Waals surface area contributed by atoms with Crippen LogP contribution < -0.4 is 5.32 Å². The molecule has 0 bridgehead atoms. The average molecular weight is 364 g/mol. The van der Waals surface area contributed by atoms with E-state index in [1.54, 1.807) is 11.6 Å². The van der Waals surface area contributed by atoms with Crippen LogP contribution in [0.1, 0.15) is 41.9 Å². The molecule has 4 aromatic rings. The van der Waals surface area contributed by atoms with Crippen LogP contribution in [0.15, 0.2) is 34.7 Å². The van der Waals surface area contributed by atoms with Crippen molar-refractivity contribution in [1.82, 2.24) is 25.0 Å². The molecule has 0 saturated carbocycles. The second kappa shape index (κ2) is 6.39. The maximum absolute atomic E-state index is 12.8. The number of anilines is 1. The smallest absolute Gasteiger partial charge is 0.279 e. The minimum absolute atomic E-state index is 0.104. The third kappa shape index (κ3) is 2.88. The van der Waals surface area contributed by atoms with Gasteiger partial charge in [-0.2, -0.15) is 10.2 Å². The Hall–Kier alpha value is -3.42. The molecule has 0 aliphatic rings.